The van der Waals surface area contributed by atoms with Crippen LogP contribution in [-0.2, 0) is 16.0 Å². The van der Waals surface area contributed by atoms with Crippen molar-refractivity contribution in [2.45, 2.75) is 12.5 Å². The molecule has 108 valence electrons. The van der Waals surface area contributed by atoms with Gasteiger partial charge in [0.15, 0.2) is 0 Å². The molecule has 6 heteroatoms. The van der Waals surface area contributed by atoms with E-state index in [1.54, 1.807) is 24.3 Å². The largest absolute Gasteiger partial charge is 0.508 e. The van der Waals surface area contributed by atoms with E-state index in [1.807, 2.05) is 0 Å². The van der Waals surface area contributed by atoms with Crippen LogP contribution in [-0.4, -0.2) is 28.1 Å². The van der Waals surface area contributed by atoms with Gasteiger partial charge in [0.25, 0.3) is 0 Å². The number of esters is 2. The molecule has 21 heavy (non-hydrogen) atoms. The molecule has 1 atom stereocenters. The lowest BCUT2D eigenvalue weighted by Gasteiger charge is -2.10. The lowest BCUT2D eigenvalue weighted by molar-refractivity contribution is -0.139. The second-order valence-corrected chi connectivity index (χ2v) is 4.40. The quantitative estimate of drug-likeness (QED) is 0.643. The van der Waals surface area contributed by atoms with Gasteiger partial charge in [-0.2, -0.15) is 0 Å². The van der Waals surface area contributed by atoms with Gasteiger partial charge in [-0.05, 0) is 36.2 Å². The molecule has 0 aliphatic heterocycles. The van der Waals surface area contributed by atoms with Crippen LogP contribution >= 0.6 is 0 Å². The Balaban J connectivity index is 1.93. The average Bonchev–Trinajstić information content (AvgIpc) is 2.50. The van der Waals surface area contributed by atoms with Gasteiger partial charge in [0.05, 0.1) is 0 Å². The lowest BCUT2D eigenvalue weighted by Crippen LogP contribution is -2.35. The second-order valence-electron chi connectivity index (χ2n) is 4.40. The first-order valence-corrected chi connectivity index (χ1v) is 6.27. The number of hydrogen-bond acceptors (Lipinski definition) is 6. The summed E-state index contributed by atoms with van der Waals surface area (Å²) in [4.78, 5) is 27.2. The van der Waals surface area contributed by atoms with E-state index in [1.165, 1.54) is 24.4 Å². The summed E-state index contributed by atoms with van der Waals surface area (Å²) < 4.78 is 4.68. The predicted molar refractivity (Wildman–Crippen MR) is 74.4 cm³/mol. The molecule has 1 aromatic heterocycles. The third kappa shape index (κ3) is 4.12. The minimum atomic E-state index is -0.970. The summed E-state index contributed by atoms with van der Waals surface area (Å²) in [7, 11) is 0. The Morgan fingerprint density at radius 3 is 2.52 bits per heavy atom. The van der Waals surface area contributed by atoms with Crippen LogP contribution in [0.5, 0.6) is 5.75 Å². The van der Waals surface area contributed by atoms with Gasteiger partial charge in [-0.1, -0.05) is 18.2 Å². The number of benzene rings is 1. The number of phenols is 1. The van der Waals surface area contributed by atoms with E-state index in [4.69, 9.17) is 5.73 Å². The number of ether oxygens (including phenoxy) is 1. The first-order chi connectivity index (χ1) is 10.1. The third-order valence-corrected chi connectivity index (χ3v) is 2.76. The number of nitrogens with zero attached hydrogens (tertiary/aromatic N) is 1. The molecule has 0 saturated heterocycles. The normalized spacial score (nSPS) is 11.7. The minimum Gasteiger partial charge on any atom is -0.508 e. The van der Waals surface area contributed by atoms with Gasteiger partial charge in [-0.25, -0.2) is 14.6 Å². The van der Waals surface area contributed by atoms with Crippen molar-refractivity contribution in [3.05, 3.63) is 59.9 Å². The van der Waals surface area contributed by atoms with Crippen molar-refractivity contribution in [2.75, 3.05) is 0 Å². The molecule has 1 heterocycles. The highest BCUT2D eigenvalue weighted by Crippen LogP contribution is 2.11. The highest BCUT2D eigenvalue weighted by atomic mass is 16.6. The van der Waals surface area contributed by atoms with Gasteiger partial charge in [0, 0.05) is 6.20 Å². The number of nitrogens with two attached hydrogens (primary N) is 1. The first-order valence-electron chi connectivity index (χ1n) is 6.27. The van der Waals surface area contributed by atoms with Gasteiger partial charge in [0.1, 0.15) is 17.5 Å². The molecule has 1 aromatic carbocycles. The summed E-state index contributed by atoms with van der Waals surface area (Å²) in [6, 6.07) is 10.0. The Kier molecular flexibility index (Phi) is 4.63. The Morgan fingerprint density at radius 1 is 1.19 bits per heavy atom. The molecule has 0 aliphatic carbocycles. The standard InChI is InChI=1S/C15H14N2O4/c16-12(9-10-4-6-11(18)7-5-10)14(19)21-15(20)13-3-1-2-8-17-13/h1-8,12,18H,9,16H2/t12-/m0/s1. The highest BCUT2D eigenvalue weighted by molar-refractivity contribution is 5.96. The van der Waals surface area contributed by atoms with Crippen molar-refractivity contribution in [2.24, 2.45) is 5.73 Å². The Bertz CT molecular complexity index is 626. The van der Waals surface area contributed by atoms with Crippen LogP contribution in [0.1, 0.15) is 16.1 Å². The van der Waals surface area contributed by atoms with E-state index >= 15 is 0 Å². The molecular formula is C15H14N2O4. The lowest BCUT2D eigenvalue weighted by atomic mass is 10.1. The van der Waals surface area contributed by atoms with Crippen LogP contribution in [0.25, 0.3) is 0 Å². The summed E-state index contributed by atoms with van der Waals surface area (Å²) in [5.74, 6) is -1.53. The summed E-state index contributed by atoms with van der Waals surface area (Å²) in [5.41, 5.74) is 6.50. The van der Waals surface area contributed by atoms with E-state index in [9.17, 15) is 14.7 Å². The SMILES string of the molecule is N[C@@H](Cc1ccc(O)cc1)C(=O)OC(=O)c1ccccn1. The monoisotopic (exact) mass is 286 g/mol. The highest BCUT2D eigenvalue weighted by Gasteiger charge is 2.20. The maximum atomic E-state index is 11.8. The van der Waals surface area contributed by atoms with Crippen molar-refractivity contribution in [1.82, 2.24) is 4.98 Å². The summed E-state index contributed by atoms with van der Waals surface area (Å²) >= 11 is 0. The smallest absolute Gasteiger partial charge is 0.364 e. The molecule has 0 unspecified atom stereocenters. The van der Waals surface area contributed by atoms with Gasteiger partial charge < -0.3 is 15.6 Å². The molecule has 3 N–H and O–H groups in total. The number of carbonyl (C=O) groups is 2. The Labute approximate surface area is 121 Å². The summed E-state index contributed by atoms with van der Waals surface area (Å²) in [6.45, 7) is 0. The average molecular weight is 286 g/mol. The van der Waals surface area contributed by atoms with Crippen LogP contribution in [0.2, 0.25) is 0 Å². The molecule has 0 aliphatic rings. The molecule has 0 fully saturated rings. The van der Waals surface area contributed by atoms with E-state index in [0.717, 1.165) is 5.56 Å². The maximum absolute atomic E-state index is 11.8. The van der Waals surface area contributed by atoms with E-state index in [2.05, 4.69) is 9.72 Å². The zero-order valence-electron chi connectivity index (χ0n) is 11.1. The van der Waals surface area contributed by atoms with Crippen LogP contribution < -0.4 is 5.73 Å². The van der Waals surface area contributed by atoms with Gasteiger partial charge in [-0.3, -0.25) is 0 Å². The first kappa shape index (κ1) is 14.7. The Hall–Kier alpha value is -2.73. The Morgan fingerprint density at radius 2 is 1.90 bits per heavy atom. The van der Waals surface area contributed by atoms with Crippen molar-refractivity contribution in [3.63, 3.8) is 0 Å². The summed E-state index contributed by atoms with van der Waals surface area (Å²) in [5, 5.41) is 9.17. The molecule has 0 radical (unpaired) electrons. The molecule has 0 saturated carbocycles. The third-order valence-electron chi connectivity index (χ3n) is 2.76. The maximum Gasteiger partial charge on any atom is 0.364 e. The number of rotatable bonds is 4. The zero-order chi connectivity index (χ0) is 15.2. The molecule has 6 nitrogen and oxygen atoms in total. The van der Waals surface area contributed by atoms with Gasteiger partial charge >= 0.3 is 11.9 Å². The molecule has 2 rings (SSSR count). The van der Waals surface area contributed by atoms with Crippen molar-refractivity contribution in [1.29, 1.82) is 0 Å². The van der Waals surface area contributed by atoms with Gasteiger partial charge in [-0.15, -0.1) is 0 Å². The molecule has 0 bridgehead atoms. The molecule has 0 amide bonds. The van der Waals surface area contributed by atoms with E-state index < -0.39 is 18.0 Å². The van der Waals surface area contributed by atoms with Crippen LogP contribution in [0.15, 0.2) is 48.7 Å². The molecule has 2 aromatic rings. The summed E-state index contributed by atoms with van der Waals surface area (Å²) in [6.07, 6.45) is 1.63. The molecule has 0 spiro atoms. The fourth-order valence-electron chi connectivity index (χ4n) is 1.67. The number of hydrogen-bond donors (Lipinski definition) is 2. The number of phenolic OH excluding ortho intramolecular Hbond substituents is 1. The zero-order valence-corrected chi connectivity index (χ0v) is 11.1. The number of pyridine rings is 1. The predicted octanol–water partition coefficient (Wildman–Crippen LogP) is 1.04. The van der Waals surface area contributed by atoms with E-state index in [-0.39, 0.29) is 17.9 Å². The second kappa shape index (κ2) is 6.62. The van der Waals surface area contributed by atoms with Crippen molar-refractivity contribution >= 4 is 11.9 Å². The van der Waals surface area contributed by atoms with E-state index in [0.29, 0.717) is 0 Å². The topological polar surface area (TPSA) is 103 Å². The number of aromatic nitrogens is 1. The fraction of sp³-hybridized carbons (Fsp3) is 0.133. The number of carbonyl (C=O) groups excluding carboxylic acids is 2. The van der Waals surface area contributed by atoms with Crippen LogP contribution in [0.4, 0.5) is 0 Å². The van der Waals surface area contributed by atoms with Gasteiger partial charge in [0.2, 0.25) is 0 Å². The minimum absolute atomic E-state index is 0.0442. The van der Waals surface area contributed by atoms with Crippen LogP contribution in [0, 0.1) is 0 Å². The van der Waals surface area contributed by atoms with Crippen molar-refractivity contribution in [3.8, 4) is 5.75 Å². The van der Waals surface area contributed by atoms with Crippen molar-refractivity contribution < 1.29 is 19.4 Å². The molecular weight excluding hydrogens is 272 g/mol. The number of aromatic hydroxyl groups is 1. The fourth-order valence-corrected chi connectivity index (χ4v) is 1.67. The van der Waals surface area contributed by atoms with Crippen LogP contribution in [0.3, 0.4) is 0 Å².